The number of hydrogen-bond acceptors (Lipinski definition) is 4. The molecule has 26 heavy (non-hydrogen) atoms. The summed E-state index contributed by atoms with van der Waals surface area (Å²) in [5.74, 6) is 1.35. The third-order valence-corrected chi connectivity index (χ3v) is 5.19. The van der Waals surface area contributed by atoms with E-state index in [0.717, 1.165) is 5.75 Å². The molecule has 0 spiro atoms. The fourth-order valence-electron chi connectivity index (χ4n) is 2.22. The molecule has 0 unspecified atom stereocenters. The molecular weight excluding hydrogens is 350 g/mol. The zero-order valence-corrected chi connectivity index (χ0v) is 15.7. The summed E-state index contributed by atoms with van der Waals surface area (Å²) < 4.78 is 30.1. The molecule has 2 N–H and O–H groups in total. The Morgan fingerprint density at radius 1 is 1.00 bits per heavy atom. The molecule has 0 bridgehead atoms. The highest BCUT2D eigenvalue weighted by atomic mass is 32.2. The third-order valence-electron chi connectivity index (χ3n) is 3.48. The van der Waals surface area contributed by atoms with E-state index in [-0.39, 0.29) is 12.3 Å². The minimum atomic E-state index is -3.32. The van der Waals surface area contributed by atoms with Crippen molar-refractivity contribution in [2.45, 2.75) is 11.8 Å². The van der Waals surface area contributed by atoms with E-state index in [4.69, 9.17) is 4.74 Å². The van der Waals surface area contributed by atoms with Gasteiger partial charge in [0.2, 0.25) is 0 Å². The first-order valence-corrected chi connectivity index (χ1v) is 10.2. The minimum absolute atomic E-state index is 0.0336. The number of rotatable bonds is 9. The molecule has 0 atom stereocenters. The van der Waals surface area contributed by atoms with Gasteiger partial charge in [0.15, 0.2) is 15.8 Å². The average molecular weight is 375 g/mol. The Morgan fingerprint density at radius 2 is 1.65 bits per heavy atom. The fourth-order valence-corrected chi connectivity index (χ4v) is 3.36. The number of hydrogen-bond donors (Lipinski definition) is 2. The van der Waals surface area contributed by atoms with E-state index in [2.05, 4.69) is 15.6 Å². The van der Waals surface area contributed by atoms with Gasteiger partial charge in [-0.3, -0.25) is 4.99 Å². The van der Waals surface area contributed by atoms with E-state index in [1.807, 2.05) is 37.3 Å². The van der Waals surface area contributed by atoms with Gasteiger partial charge >= 0.3 is 0 Å². The van der Waals surface area contributed by atoms with Crippen molar-refractivity contribution in [2.24, 2.45) is 4.99 Å². The van der Waals surface area contributed by atoms with Crippen molar-refractivity contribution < 1.29 is 13.2 Å². The van der Waals surface area contributed by atoms with Gasteiger partial charge in [0.05, 0.1) is 23.7 Å². The standard InChI is InChI=1S/C19H25N3O3S/c1-2-20-19(21-13-15-25-17-9-5-3-6-10-17)22-14-16-26(23,24)18-11-7-4-8-12-18/h3-12H,2,13-16H2,1H3,(H2,20,21,22). The van der Waals surface area contributed by atoms with Crippen molar-refractivity contribution >= 4 is 15.8 Å². The first kappa shape index (κ1) is 19.8. The van der Waals surface area contributed by atoms with Crippen molar-refractivity contribution in [3.8, 4) is 5.75 Å². The molecule has 7 heteroatoms. The minimum Gasteiger partial charge on any atom is -0.492 e. The summed E-state index contributed by atoms with van der Waals surface area (Å²) in [5.41, 5.74) is 0. The van der Waals surface area contributed by atoms with Crippen molar-refractivity contribution in [1.29, 1.82) is 0 Å². The quantitative estimate of drug-likeness (QED) is 0.399. The van der Waals surface area contributed by atoms with Crippen molar-refractivity contribution in [1.82, 2.24) is 10.6 Å². The maximum absolute atomic E-state index is 12.3. The molecule has 0 amide bonds. The van der Waals surface area contributed by atoms with Crippen LogP contribution in [-0.2, 0) is 9.84 Å². The summed E-state index contributed by atoms with van der Waals surface area (Å²) in [6.07, 6.45) is 0. The summed E-state index contributed by atoms with van der Waals surface area (Å²) in [6.45, 7) is 3.88. The van der Waals surface area contributed by atoms with Gasteiger partial charge in [-0.15, -0.1) is 0 Å². The molecule has 0 aliphatic carbocycles. The van der Waals surface area contributed by atoms with Crippen LogP contribution in [-0.4, -0.2) is 46.4 Å². The van der Waals surface area contributed by atoms with Gasteiger partial charge < -0.3 is 15.4 Å². The molecule has 0 aliphatic heterocycles. The average Bonchev–Trinajstić information content (AvgIpc) is 2.66. The second kappa shape index (κ2) is 10.5. The van der Waals surface area contributed by atoms with Crippen molar-refractivity contribution in [3.05, 3.63) is 60.7 Å². The maximum Gasteiger partial charge on any atom is 0.191 e. The Labute approximate surface area is 155 Å². The summed E-state index contributed by atoms with van der Waals surface area (Å²) in [6, 6.07) is 18.0. The summed E-state index contributed by atoms with van der Waals surface area (Å²) >= 11 is 0. The zero-order chi connectivity index (χ0) is 18.7. The normalized spacial score (nSPS) is 11.8. The van der Waals surface area contributed by atoms with E-state index in [1.54, 1.807) is 30.3 Å². The van der Waals surface area contributed by atoms with Crippen LogP contribution in [0.3, 0.4) is 0 Å². The number of ether oxygens (including phenoxy) is 1. The van der Waals surface area contributed by atoms with E-state index < -0.39 is 9.84 Å². The van der Waals surface area contributed by atoms with Crippen molar-refractivity contribution in [3.63, 3.8) is 0 Å². The first-order valence-electron chi connectivity index (χ1n) is 8.59. The topological polar surface area (TPSA) is 79.8 Å². The van der Waals surface area contributed by atoms with Crippen LogP contribution in [0.4, 0.5) is 0 Å². The molecule has 0 saturated heterocycles. The van der Waals surface area contributed by atoms with Gasteiger partial charge in [0, 0.05) is 6.54 Å². The van der Waals surface area contributed by atoms with Gasteiger partial charge in [-0.05, 0) is 31.2 Å². The molecule has 0 saturated carbocycles. The first-order chi connectivity index (χ1) is 12.6. The molecule has 2 rings (SSSR count). The summed E-state index contributed by atoms with van der Waals surface area (Å²) in [4.78, 5) is 4.65. The third kappa shape index (κ3) is 6.76. The number of guanidine groups is 1. The molecule has 0 aromatic heterocycles. The largest absolute Gasteiger partial charge is 0.492 e. The molecule has 0 radical (unpaired) electrons. The lowest BCUT2D eigenvalue weighted by molar-refractivity contribution is 0.322. The lowest BCUT2D eigenvalue weighted by Gasteiger charge is -2.12. The van der Waals surface area contributed by atoms with Gasteiger partial charge in [0.25, 0.3) is 0 Å². The highest BCUT2D eigenvalue weighted by Gasteiger charge is 2.13. The molecule has 2 aromatic carbocycles. The van der Waals surface area contributed by atoms with E-state index >= 15 is 0 Å². The van der Waals surface area contributed by atoms with Crippen molar-refractivity contribution in [2.75, 3.05) is 32.0 Å². The molecule has 0 heterocycles. The number of aliphatic imine (C=N–C) groups is 1. The SMILES string of the molecule is CCNC(=NCCS(=O)(=O)c1ccccc1)NCCOc1ccccc1. The van der Waals surface area contributed by atoms with E-state index in [9.17, 15) is 8.42 Å². The fraction of sp³-hybridized carbons (Fsp3) is 0.316. The van der Waals surface area contributed by atoms with Crippen LogP contribution in [0.2, 0.25) is 0 Å². The Bertz CT molecular complexity index is 778. The number of nitrogens with one attached hydrogen (secondary N) is 2. The second-order valence-electron chi connectivity index (χ2n) is 5.48. The van der Waals surface area contributed by atoms with Crippen LogP contribution < -0.4 is 15.4 Å². The highest BCUT2D eigenvalue weighted by molar-refractivity contribution is 7.91. The number of para-hydroxylation sites is 1. The molecular formula is C19H25N3O3S. The Morgan fingerprint density at radius 3 is 2.31 bits per heavy atom. The van der Waals surface area contributed by atoms with Gasteiger partial charge in [-0.2, -0.15) is 0 Å². The van der Waals surface area contributed by atoms with Crippen LogP contribution >= 0.6 is 0 Å². The smallest absolute Gasteiger partial charge is 0.191 e. The zero-order valence-electron chi connectivity index (χ0n) is 14.9. The molecule has 2 aromatic rings. The van der Waals surface area contributed by atoms with Crippen LogP contribution in [0.5, 0.6) is 5.75 Å². The van der Waals surface area contributed by atoms with Crippen LogP contribution in [0.1, 0.15) is 6.92 Å². The van der Waals surface area contributed by atoms with Crippen LogP contribution in [0.15, 0.2) is 70.6 Å². The van der Waals surface area contributed by atoms with Gasteiger partial charge in [-0.25, -0.2) is 8.42 Å². The van der Waals surface area contributed by atoms with Crippen LogP contribution in [0.25, 0.3) is 0 Å². The molecule has 0 fully saturated rings. The summed E-state index contributed by atoms with van der Waals surface area (Å²) in [7, 11) is -3.32. The lowest BCUT2D eigenvalue weighted by Crippen LogP contribution is -2.39. The molecule has 0 aliphatic rings. The molecule has 140 valence electrons. The Kier molecular flexibility index (Phi) is 7.95. The van der Waals surface area contributed by atoms with Gasteiger partial charge in [-0.1, -0.05) is 36.4 Å². The molecule has 6 nitrogen and oxygen atoms in total. The predicted octanol–water partition coefficient (Wildman–Crippen LogP) is 2.09. The maximum atomic E-state index is 12.3. The number of sulfone groups is 1. The highest BCUT2D eigenvalue weighted by Crippen LogP contribution is 2.09. The Balaban J connectivity index is 1.80. The predicted molar refractivity (Wildman–Crippen MR) is 104 cm³/mol. The Hall–Kier alpha value is -2.54. The number of nitrogens with zero attached hydrogens (tertiary/aromatic N) is 1. The van der Waals surface area contributed by atoms with E-state index in [0.29, 0.717) is 30.6 Å². The summed E-state index contributed by atoms with van der Waals surface area (Å²) in [5, 5.41) is 6.23. The monoisotopic (exact) mass is 375 g/mol. The second-order valence-corrected chi connectivity index (χ2v) is 7.59. The van der Waals surface area contributed by atoms with Gasteiger partial charge in [0.1, 0.15) is 12.4 Å². The number of benzene rings is 2. The van der Waals surface area contributed by atoms with E-state index in [1.165, 1.54) is 0 Å². The lowest BCUT2D eigenvalue weighted by atomic mass is 10.3. The van der Waals surface area contributed by atoms with Crippen LogP contribution in [0, 0.1) is 0 Å².